The molecule has 0 unspecified atom stereocenters. The van der Waals surface area contributed by atoms with Crippen LogP contribution in [-0.2, 0) is 0 Å². The Balaban J connectivity index is 2.42. The monoisotopic (exact) mass is 258 g/mol. The average Bonchev–Trinajstić information content (AvgIpc) is 2.52. The number of hydrogen-bond acceptors (Lipinski definition) is 7. The molecule has 0 aliphatic rings. The Labute approximate surface area is 115 Å². The lowest BCUT2D eigenvalue weighted by Gasteiger charge is -2.07. The minimum atomic E-state index is -0.517. The van der Waals surface area contributed by atoms with Crippen molar-refractivity contribution in [3.8, 4) is 11.3 Å². The van der Waals surface area contributed by atoms with Gasteiger partial charge in [-0.3, -0.25) is 0 Å². The molecule has 6 N–H and O–H groups in total. The topological polar surface area (TPSA) is 130 Å². The molecular formula is C12H11N7. The van der Waals surface area contributed by atoms with Crippen LogP contribution >= 0.6 is 0 Å². The van der Waals surface area contributed by atoms with E-state index in [9.17, 15) is 0 Å². The van der Waals surface area contributed by atoms with Crippen LogP contribution in [0.15, 0.2) is 30.2 Å². The van der Waals surface area contributed by atoms with E-state index in [1.165, 1.54) is 0 Å². The number of nitrogens with zero attached hydrogens (tertiary/aromatic N) is 4. The number of rotatable bonds is 1. The summed E-state index contributed by atoms with van der Waals surface area (Å²) < 4.78 is 39.0. The van der Waals surface area contributed by atoms with Crippen LogP contribution in [0.5, 0.6) is 0 Å². The Morgan fingerprint density at radius 2 is 1.58 bits per heavy atom. The van der Waals surface area contributed by atoms with Gasteiger partial charge in [0.15, 0.2) is 22.8 Å². The van der Waals surface area contributed by atoms with E-state index in [2.05, 4.69) is 19.9 Å². The van der Waals surface area contributed by atoms with Crippen LogP contribution in [0.4, 0.5) is 17.6 Å². The van der Waals surface area contributed by atoms with Gasteiger partial charge in [-0.15, -0.1) is 0 Å². The summed E-state index contributed by atoms with van der Waals surface area (Å²) in [5.74, 6) is -0.332. The Morgan fingerprint density at radius 3 is 2.32 bits per heavy atom. The molecule has 0 radical (unpaired) electrons. The average molecular weight is 258 g/mol. The number of nitrogen functional groups attached to an aromatic ring is 3. The van der Waals surface area contributed by atoms with Crippen molar-refractivity contribution in [1.29, 1.82) is 0 Å². The maximum atomic E-state index is 7.99. The second kappa shape index (κ2) is 4.05. The lowest BCUT2D eigenvalue weighted by Crippen LogP contribution is -2.06. The predicted molar refractivity (Wildman–Crippen MR) is 73.8 cm³/mol. The first-order valence-electron chi connectivity index (χ1n) is 7.65. The highest BCUT2D eigenvalue weighted by Crippen LogP contribution is 2.25. The molecule has 0 aliphatic heterocycles. The number of nitrogens with two attached hydrogens (primary N) is 3. The number of fused-ring (bicyclic) bond motifs is 1. The number of benzene rings is 1. The molecule has 3 rings (SSSR count). The van der Waals surface area contributed by atoms with Gasteiger partial charge < -0.3 is 17.2 Å². The van der Waals surface area contributed by atoms with E-state index in [0.717, 1.165) is 0 Å². The molecule has 1 aromatic carbocycles. The first kappa shape index (κ1) is 6.83. The summed E-state index contributed by atoms with van der Waals surface area (Å²) in [6.07, 6.45) is 0. The van der Waals surface area contributed by atoms with E-state index in [-0.39, 0.29) is 40.0 Å². The van der Waals surface area contributed by atoms with Gasteiger partial charge in [-0.05, 0) is 0 Å². The second-order valence-electron chi connectivity index (χ2n) is 3.60. The Bertz CT molecular complexity index is 978. The number of hydrogen-bond donors (Lipinski definition) is 3. The number of aromatic nitrogens is 4. The van der Waals surface area contributed by atoms with Gasteiger partial charge in [0.1, 0.15) is 5.69 Å². The molecule has 0 atom stereocenters. The second-order valence-corrected chi connectivity index (χ2v) is 3.60. The van der Waals surface area contributed by atoms with Crippen molar-refractivity contribution in [3.05, 3.63) is 30.2 Å². The summed E-state index contributed by atoms with van der Waals surface area (Å²) >= 11 is 0. The first-order chi connectivity index (χ1) is 11.2. The van der Waals surface area contributed by atoms with Crippen molar-refractivity contribution in [2.24, 2.45) is 0 Å². The fourth-order valence-corrected chi connectivity index (χ4v) is 1.55. The minimum absolute atomic E-state index is 0.0496. The van der Waals surface area contributed by atoms with Crippen molar-refractivity contribution in [3.63, 3.8) is 0 Å². The van der Waals surface area contributed by atoms with E-state index in [1.54, 1.807) is 0 Å². The fourth-order valence-electron chi connectivity index (χ4n) is 1.55. The molecule has 0 spiro atoms. The molecule has 3 aromatic rings. The van der Waals surface area contributed by atoms with Gasteiger partial charge in [0, 0.05) is 5.56 Å². The standard InChI is InChI=1S/C12H11N7/c13-9-7(6-4-2-1-3-5-6)16-8-10(14)18-12(15)19-11(8)17-9/h1-5H,(H6,13,14,15,17,18,19)/i1D,2D,3D,4D,5D. The van der Waals surface area contributed by atoms with Crippen LogP contribution in [0.3, 0.4) is 0 Å². The highest BCUT2D eigenvalue weighted by molar-refractivity contribution is 5.87. The predicted octanol–water partition coefficient (Wildman–Crippen LogP) is 0.833. The van der Waals surface area contributed by atoms with E-state index >= 15 is 0 Å². The molecule has 0 saturated heterocycles. The smallest absolute Gasteiger partial charge is 0.224 e. The third kappa shape index (κ3) is 1.86. The van der Waals surface area contributed by atoms with Crippen molar-refractivity contribution >= 4 is 28.7 Å². The first-order valence-corrected chi connectivity index (χ1v) is 5.15. The fraction of sp³-hybridized carbons (Fsp3) is 0. The molecule has 0 aliphatic carbocycles. The van der Waals surface area contributed by atoms with Crippen molar-refractivity contribution in [2.75, 3.05) is 17.2 Å². The zero-order valence-corrected chi connectivity index (χ0v) is 9.52. The maximum Gasteiger partial charge on any atom is 0.224 e. The molecule has 94 valence electrons. The normalized spacial score (nSPS) is 14.4. The third-order valence-electron chi connectivity index (χ3n) is 2.34. The molecule has 0 saturated carbocycles. The molecule has 2 heterocycles. The summed E-state index contributed by atoms with van der Waals surface area (Å²) in [5, 5.41) is 0. The summed E-state index contributed by atoms with van der Waals surface area (Å²) in [6.45, 7) is 0. The molecule has 19 heavy (non-hydrogen) atoms. The van der Waals surface area contributed by atoms with Gasteiger partial charge >= 0.3 is 0 Å². The van der Waals surface area contributed by atoms with Gasteiger partial charge in [-0.1, -0.05) is 30.2 Å². The Hall–Kier alpha value is -2.96. The van der Waals surface area contributed by atoms with E-state index in [4.69, 9.17) is 24.1 Å². The van der Waals surface area contributed by atoms with Crippen molar-refractivity contribution < 1.29 is 6.85 Å². The maximum absolute atomic E-state index is 7.99. The van der Waals surface area contributed by atoms with Crippen LogP contribution in [0.25, 0.3) is 22.4 Å². The van der Waals surface area contributed by atoms with Crippen molar-refractivity contribution in [1.82, 2.24) is 19.9 Å². The van der Waals surface area contributed by atoms with Gasteiger partial charge in [-0.25, -0.2) is 9.97 Å². The molecule has 7 heteroatoms. The third-order valence-corrected chi connectivity index (χ3v) is 2.34. The molecule has 7 nitrogen and oxygen atoms in total. The molecule has 0 bridgehead atoms. The van der Waals surface area contributed by atoms with Gasteiger partial charge in [-0.2, -0.15) is 9.97 Å². The molecule has 0 amide bonds. The summed E-state index contributed by atoms with van der Waals surface area (Å²) in [6, 6.07) is -2.42. The summed E-state index contributed by atoms with van der Waals surface area (Å²) in [4.78, 5) is 15.8. The lowest BCUT2D eigenvalue weighted by molar-refractivity contribution is 1.17. The van der Waals surface area contributed by atoms with Crippen LogP contribution in [0.1, 0.15) is 6.85 Å². The van der Waals surface area contributed by atoms with E-state index < -0.39 is 30.2 Å². The molecular weight excluding hydrogens is 242 g/mol. The van der Waals surface area contributed by atoms with E-state index in [0.29, 0.717) is 0 Å². The highest BCUT2D eigenvalue weighted by Gasteiger charge is 2.12. The van der Waals surface area contributed by atoms with Crippen LogP contribution in [0.2, 0.25) is 0 Å². The van der Waals surface area contributed by atoms with Gasteiger partial charge in [0.25, 0.3) is 0 Å². The zero-order valence-electron chi connectivity index (χ0n) is 14.5. The van der Waals surface area contributed by atoms with E-state index in [1.807, 2.05) is 0 Å². The summed E-state index contributed by atoms with van der Waals surface area (Å²) in [5.41, 5.74) is 16.9. The SMILES string of the molecule is [2H]c1c([2H])c([2H])c(-c2nc3c(N)nc(N)nc3nc2N)c([2H])c1[2H]. The molecule has 0 fully saturated rings. The van der Waals surface area contributed by atoms with Crippen molar-refractivity contribution in [2.45, 2.75) is 0 Å². The van der Waals surface area contributed by atoms with Gasteiger partial charge in [0.2, 0.25) is 5.95 Å². The summed E-state index contributed by atoms with van der Waals surface area (Å²) in [7, 11) is 0. The van der Waals surface area contributed by atoms with Crippen LogP contribution < -0.4 is 17.2 Å². The Morgan fingerprint density at radius 1 is 0.842 bits per heavy atom. The van der Waals surface area contributed by atoms with Crippen LogP contribution in [-0.4, -0.2) is 19.9 Å². The molecule has 2 aromatic heterocycles. The van der Waals surface area contributed by atoms with Crippen LogP contribution in [0, 0.1) is 0 Å². The zero-order chi connectivity index (χ0) is 17.8. The minimum Gasteiger partial charge on any atom is -0.382 e. The largest absolute Gasteiger partial charge is 0.382 e. The van der Waals surface area contributed by atoms with Gasteiger partial charge in [0.05, 0.1) is 6.85 Å². The highest BCUT2D eigenvalue weighted by atomic mass is 15.1. The Kier molecular flexibility index (Phi) is 1.46. The quantitative estimate of drug-likeness (QED) is 0.589. The lowest BCUT2D eigenvalue weighted by atomic mass is 10.1. The number of anilines is 3.